The fourth-order valence-electron chi connectivity index (χ4n) is 1.83. The van der Waals surface area contributed by atoms with Gasteiger partial charge in [-0.2, -0.15) is 0 Å². The van der Waals surface area contributed by atoms with E-state index < -0.39 is 28.6 Å². The average Bonchev–Trinajstić information content (AvgIpc) is 2.49. The van der Waals surface area contributed by atoms with E-state index in [1.807, 2.05) is 0 Å². The highest BCUT2D eigenvalue weighted by Gasteiger charge is 2.26. The van der Waals surface area contributed by atoms with Crippen LogP contribution >= 0.6 is 0 Å². The van der Waals surface area contributed by atoms with Crippen LogP contribution in [0.25, 0.3) is 0 Å². The number of rotatable bonds is 5. The molecular formula is C16H20N2O6. The monoisotopic (exact) mass is 336 g/mol. The number of hydrogen-bond acceptors (Lipinski definition) is 6. The van der Waals surface area contributed by atoms with Gasteiger partial charge in [0.25, 0.3) is 5.69 Å². The molecule has 0 heterocycles. The summed E-state index contributed by atoms with van der Waals surface area (Å²) in [5, 5.41) is 13.3. The lowest BCUT2D eigenvalue weighted by Crippen LogP contribution is -2.36. The van der Waals surface area contributed by atoms with Crippen LogP contribution in [0.15, 0.2) is 36.4 Å². The number of amides is 1. The summed E-state index contributed by atoms with van der Waals surface area (Å²) in [7, 11) is 1.19. The Morgan fingerprint density at radius 2 is 1.79 bits per heavy atom. The van der Waals surface area contributed by atoms with Crippen LogP contribution in [0.4, 0.5) is 10.5 Å². The maximum Gasteiger partial charge on any atom is 0.408 e. The van der Waals surface area contributed by atoms with Crippen molar-refractivity contribution in [1.29, 1.82) is 0 Å². The molecule has 0 radical (unpaired) electrons. The lowest BCUT2D eigenvalue weighted by molar-refractivity contribution is -0.384. The first-order valence-electron chi connectivity index (χ1n) is 7.06. The minimum absolute atomic E-state index is 0.0304. The van der Waals surface area contributed by atoms with Crippen molar-refractivity contribution in [2.24, 2.45) is 0 Å². The van der Waals surface area contributed by atoms with Crippen LogP contribution in [0.3, 0.4) is 0 Å². The van der Waals surface area contributed by atoms with Crippen LogP contribution < -0.4 is 5.32 Å². The molecule has 0 aliphatic heterocycles. The number of esters is 1. The van der Waals surface area contributed by atoms with Crippen LogP contribution in [-0.2, 0) is 14.3 Å². The Bertz CT molecular complexity index is 646. The van der Waals surface area contributed by atoms with Crippen LogP contribution in [0.1, 0.15) is 32.4 Å². The Balaban J connectivity index is 3.09. The molecule has 0 saturated heterocycles. The predicted molar refractivity (Wildman–Crippen MR) is 86.4 cm³/mol. The second kappa shape index (κ2) is 7.58. The third-order valence-electron chi connectivity index (χ3n) is 2.89. The van der Waals surface area contributed by atoms with Crippen molar-refractivity contribution in [3.8, 4) is 0 Å². The van der Waals surface area contributed by atoms with Crippen LogP contribution in [0.5, 0.6) is 0 Å². The molecule has 1 atom stereocenters. The second-order valence-electron chi connectivity index (χ2n) is 5.94. The van der Waals surface area contributed by atoms with Gasteiger partial charge in [0.15, 0.2) is 0 Å². The first-order chi connectivity index (χ1) is 11.0. The van der Waals surface area contributed by atoms with Gasteiger partial charge in [0, 0.05) is 12.1 Å². The highest BCUT2D eigenvalue weighted by Crippen LogP contribution is 2.24. The second-order valence-corrected chi connectivity index (χ2v) is 5.94. The summed E-state index contributed by atoms with van der Waals surface area (Å²) in [6, 6.07) is 4.45. The lowest BCUT2D eigenvalue weighted by atomic mass is 9.99. The van der Waals surface area contributed by atoms with Crippen LogP contribution in [0.2, 0.25) is 0 Å². The number of hydrogen-bond donors (Lipinski definition) is 1. The molecule has 1 aromatic rings. The molecule has 0 aliphatic rings. The standard InChI is InChI=1S/C16H20N2O6/c1-10(14(19)23-5)13(17-15(20)24-16(2,3)4)11-6-8-12(9-7-11)18(21)22/h6-9,13H,1H2,2-5H3,(H,17,20)/t13-/m1/s1. The Kier molecular flexibility index (Phi) is 6.05. The van der Waals surface area contributed by atoms with E-state index in [-0.39, 0.29) is 11.3 Å². The van der Waals surface area contributed by atoms with Crippen molar-refractivity contribution in [3.63, 3.8) is 0 Å². The molecule has 0 fully saturated rings. The number of carbonyl (C=O) groups is 2. The predicted octanol–water partition coefficient (Wildman–Crippen LogP) is 2.89. The van der Waals surface area contributed by atoms with E-state index in [1.165, 1.54) is 31.4 Å². The number of non-ortho nitro benzene ring substituents is 1. The molecule has 8 nitrogen and oxygen atoms in total. The van der Waals surface area contributed by atoms with Gasteiger partial charge in [-0.15, -0.1) is 0 Å². The Morgan fingerprint density at radius 1 is 1.25 bits per heavy atom. The number of alkyl carbamates (subject to hydrolysis) is 1. The first-order valence-corrected chi connectivity index (χ1v) is 7.06. The molecule has 0 spiro atoms. The van der Waals surface area contributed by atoms with E-state index in [2.05, 4.69) is 16.6 Å². The van der Waals surface area contributed by atoms with E-state index >= 15 is 0 Å². The number of methoxy groups -OCH3 is 1. The fraction of sp³-hybridized carbons (Fsp3) is 0.375. The van der Waals surface area contributed by atoms with E-state index in [4.69, 9.17) is 4.74 Å². The number of carbonyl (C=O) groups excluding carboxylic acids is 2. The number of nitrogens with one attached hydrogen (secondary N) is 1. The number of nitro groups is 1. The van der Waals surface area contributed by atoms with Gasteiger partial charge in [-0.1, -0.05) is 6.58 Å². The molecule has 130 valence electrons. The van der Waals surface area contributed by atoms with E-state index in [1.54, 1.807) is 20.8 Å². The largest absolute Gasteiger partial charge is 0.466 e. The summed E-state index contributed by atoms with van der Waals surface area (Å²) in [4.78, 5) is 33.9. The SMILES string of the molecule is C=C(C(=O)OC)[C@@H](NC(=O)OC(C)(C)C)c1ccc([N+](=O)[O-])cc1. The molecule has 0 unspecified atom stereocenters. The zero-order chi connectivity index (χ0) is 18.5. The maximum atomic E-state index is 12.0. The smallest absolute Gasteiger partial charge is 0.408 e. The topological polar surface area (TPSA) is 108 Å². The molecule has 1 aromatic carbocycles. The highest BCUT2D eigenvalue weighted by atomic mass is 16.6. The van der Waals surface area contributed by atoms with Gasteiger partial charge >= 0.3 is 12.1 Å². The minimum atomic E-state index is -0.937. The van der Waals surface area contributed by atoms with Crippen molar-refractivity contribution >= 4 is 17.7 Å². The number of ether oxygens (including phenoxy) is 2. The molecule has 1 N–H and O–H groups in total. The Labute approximate surface area is 139 Å². The van der Waals surface area contributed by atoms with Crippen molar-refractivity contribution in [1.82, 2.24) is 5.32 Å². The maximum absolute atomic E-state index is 12.0. The Hall–Kier alpha value is -2.90. The molecule has 0 aliphatic carbocycles. The zero-order valence-corrected chi connectivity index (χ0v) is 14.0. The summed E-state index contributed by atoms with van der Waals surface area (Å²) in [6.45, 7) is 8.72. The molecule has 1 rings (SSSR count). The summed E-state index contributed by atoms with van der Waals surface area (Å²) >= 11 is 0. The zero-order valence-electron chi connectivity index (χ0n) is 14.0. The summed E-state index contributed by atoms with van der Waals surface area (Å²) in [5.41, 5.74) is -0.436. The third kappa shape index (κ3) is 5.38. The Morgan fingerprint density at radius 3 is 2.21 bits per heavy atom. The number of nitro benzene ring substituents is 1. The average molecular weight is 336 g/mol. The molecule has 0 aromatic heterocycles. The van der Waals surface area contributed by atoms with E-state index in [0.717, 1.165) is 0 Å². The molecule has 24 heavy (non-hydrogen) atoms. The normalized spacial score (nSPS) is 12.0. The van der Waals surface area contributed by atoms with E-state index in [0.29, 0.717) is 5.56 Å². The van der Waals surface area contributed by atoms with Gasteiger partial charge in [0.05, 0.1) is 23.6 Å². The molecule has 1 amide bonds. The van der Waals surface area contributed by atoms with Gasteiger partial charge in [0.1, 0.15) is 5.60 Å². The minimum Gasteiger partial charge on any atom is -0.466 e. The van der Waals surface area contributed by atoms with Crippen molar-refractivity contribution in [3.05, 3.63) is 52.1 Å². The molecule has 0 bridgehead atoms. The van der Waals surface area contributed by atoms with Gasteiger partial charge in [-0.25, -0.2) is 9.59 Å². The van der Waals surface area contributed by atoms with Crippen molar-refractivity contribution < 1.29 is 24.0 Å². The highest BCUT2D eigenvalue weighted by molar-refractivity contribution is 5.90. The quantitative estimate of drug-likeness (QED) is 0.383. The lowest BCUT2D eigenvalue weighted by Gasteiger charge is -2.24. The van der Waals surface area contributed by atoms with Crippen LogP contribution in [0, 0.1) is 10.1 Å². The molecular weight excluding hydrogens is 316 g/mol. The first kappa shape index (κ1) is 19.1. The van der Waals surface area contributed by atoms with E-state index in [9.17, 15) is 19.7 Å². The molecule has 0 saturated carbocycles. The van der Waals surface area contributed by atoms with Gasteiger partial charge < -0.3 is 14.8 Å². The van der Waals surface area contributed by atoms with Crippen LogP contribution in [-0.4, -0.2) is 29.7 Å². The van der Waals surface area contributed by atoms with Gasteiger partial charge in [-0.05, 0) is 38.5 Å². The number of benzene rings is 1. The van der Waals surface area contributed by atoms with Crippen molar-refractivity contribution in [2.45, 2.75) is 32.4 Å². The van der Waals surface area contributed by atoms with Gasteiger partial charge in [-0.3, -0.25) is 10.1 Å². The summed E-state index contributed by atoms with van der Waals surface area (Å²) in [6.07, 6.45) is -0.754. The third-order valence-corrected chi connectivity index (χ3v) is 2.89. The molecule has 8 heteroatoms. The van der Waals surface area contributed by atoms with Gasteiger partial charge in [0.2, 0.25) is 0 Å². The summed E-state index contributed by atoms with van der Waals surface area (Å²) in [5.74, 6) is -0.714. The fourth-order valence-corrected chi connectivity index (χ4v) is 1.83. The number of nitrogens with zero attached hydrogens (tertiary/aromatic N) is 1. The van der Waals surface area contributed by atoms with Crippen molar-refractivity contribution in [2.75, 3.05) is 7.11 Å². The summed E-state index contributed by atoms with van der Waals surface area (Å²) < 4.78 is 9.78.